The Bertz CT molecular complexity index is 766. The second-order valence-corrected chi connectivity index (χ2v) is 6.75. The quantitative estimate of drug-likeness (QED) is 0.757. The van der Waals surface area contributed by atoms with Crippen LogP contribution in [0.5, 0.6) is 0 Å². The zero-order valence-electron chi connectivity index (χ0n) is 13.9. The van der Waals surface area contributed by atoms with Crippen molar-refractivity contribution in [1.29, 1.82) is 0 Å². The number of thiophene rings is 1. The topological polar surface area (TPSA) is 40.6 Å². The van der Waals surface area contributed by atoms with Gasteiger partial charge in [-0.1, -0.05) is 43.3 Å². The molecule has 24 heavy (non-hydrogen) atoms. The molecule has 0 saturated heterocycles. The molecular weight excluding hydrogens is 320 g/mol. The normalized spacial score (nSPS) is 14.7. The third-order valence-electron chi connectivity index (χ3n) is 4.00. The van der Waals surface area contributed by atoms with Crippen LogP contribution in [-0.4, -0.2) is 35.2 Å². The SMILES string of the molecule is CCCN1C(=O)C(c2cccs2)=C(N(C)Cc2ccccc2)C1=O. The number of hydrogen-bond donors (Lipinski definition) is 0. The third-order valence-corrected chi connectivity index (χ3v) is 4.89. The van der Waals surface area contributed by atoms with E-state index in [0.29, 0.717) is 24.4 Å². The first-order valence-electron chi connectivity index (χ1n) is 8.03. The number of carbonyl (C=O) groups excluding carboxylic acids is 2. The Morgan fingerprint density at radius 1 is 1.04 bits per heavy atom. The zero-order chi connectivity index (χ0) is 17.1. The molecule has 0 fully saturated rings. The van der Waals surface area contributed by atoms with Crippen molar-refractivity contribution in [2.45, 2.75) is 19.9 Å². The second-order valence-electron chi connectivity index (χ2n) is 5.80. The maximum absolute atomic E-state index is 12.9. The van der Waals surface area contributed by atoms with Crippen molar-refractivity contribution >= 4 is 28.7 Å². The van der Waals surface area contributed by atoms with E-state index in [-0.39, 0.29) is 11.8 Å². The molecule has 5 heteroatoms. The number of benzene rings is 1. The van der Waals surface area contributed by atoms with Gasteiger partial charge in [-0.05, 0) is 23.4 Å². The van der Waals surface area contributed by atoms with Crippen LogP contribution >= 0.6 is 11.3 Å². The Balaban J connectivity index is 1.99. The summed E-state index contributed by atoms with van der Waals surface area (Å²) in [5, 5.41) is 1.93. The first-order chi connectivity index (χ1) is 11.6. The summed E-state index contributed by atoms with van der Waals surface area (Å²) < 4.78 is 0. The molecule has 2 amide bonds. The van der Waals surface area contributed by atoms with Crippen LogP contribution in [0.1, 0.15) is 23.8 Å². The lowest BCUT2D eigenvalue weighted by atomic mass is 10.1. The highest BCUT2D eigenvalue weighted by Crippen LogP contribution is 2.33. The molecule has 0 unspecified atom stereocenters. The van der Waals surface area contributed by atoms with Crippen molar-refractivity contribution in [1.82, 2.24) is 9.80 Å². The van der Waals surface area contributed by atoms with Gasteiger partial charge in [0, 0.05) is 25.0 Å². The maximum atomic E-state index is 12.9. The van der Waals surface area contributed by atoms with E-state index >= 15 is 0 Å². The van der Waals surface area contributed by atoms with Gasteiger partial charge < -0.3 is 4.90 Å². The molecule has 4 nitrogen and oxygen atoms in total. The minimum atomic E-state index is -0.191. The van der Waals surface area contributed by atoms with Gasteiger partial charge in [-0.15, -0.1) is 11.3 Å². The predicted octanol–water partition coefficient (Wildman–Crippen LogP) is 3.37. The summed E-state index contributed by atoms with van der Waals surface area (Å²) in [7, 11) is 1.87. The van der Waals surface area contributed by atoms with Crippen LogP contribution in [0.25, 0.3) is 5.57 Å². The maximum Gasteiger partial charge on any atom is 0.277 e. The molecule has 0 atom stereocenters. The standard InChI is InChI=1S/C19H20N2O2S/c1-3-11-21-18(22)16(15-10-7-12-24-15)17(19(21)23)20(2)13-14-8-5-4-6-9-14/h4-10,12H,3,11,13H2,1-2H3. The number of nitrogens with zero attached hydrogens (tertiary/aromatic N) is 2. The van der Waals surface area contributed by atoms with Gasteiger partial charge in [-0.25, -0.2) is 0 Å². The molecule has 2 heterocycles. The second kappa shape index (κ2) is 7.01. The lowest BCUT2D eigenvalue weighted by Gasteiger charge is -2.21. The molecule has 0 N–H and O–H groups in total. The Morgan fingerprint density at radius 2 is 1.79 bits per heavy atom. The van der Waals surface area contributed by atoms with Gasteiger partial charge in [0.15, 0.2) is 0 Å². The Kier molecular flexibility index (Phi) is 4.81. The van der Waals surface area contributed by atoms with E-state index in [2.05, 4.69) is 0 Å². The largest absolute Gasteiger partial charge is 0.365 e. The van der Waals surface area contributed by atoms with E-state index in [1.807, 2.05) is 66.7 Å². The van der Waals surface area contributed by atoms with E-state index in [1.54, 1.807) is 0 Å². The number of carbonyl (C=O) groups is 2. The number of imide groups is 1. The first-order valence-corrected chi connectivity index (χ1v) is 8.90. The molecule has 1 aliphatic rings. The molecule has 0 bridgehead atoms. The van der Waals surface area contributed by atoms with Crippen molar-refractivity contribution in [2.75, 3.05) is 13.6 Å². The summed E-state index contributed by atoms with van der Waals surface area (Å²) in [6.07, 6.45) is 0.755. The third kappa shape index (κ3) is 2.99. The van der Waals surface area contributed by atoms with Gasteiger partial charge in [0.05, 0.1) is 5.57 Å². The number of hydrogen-bond acceptors (Lipinski definition) is 4. The molecule has 2 aromatic rings. The molecule has 0 aliphatic carbocycles. The van der Waals surface area contributed by atoms with E-state index in [0.717, 1.165) is 16.9 Å². The number of rotatable bonds is 6. The molecule has 1 aromatic heterocycles. The van der Waals surface area contributed by atoms with Gasteiger partial charge in [0.2, 0.25) is 0 Å². The van der Waals surface area contributed by atoms with E-state index in [1.165, 1.54) is 16.2 Å². The fourth-order valence-corrected chi connectivity index (χ4v) is 3.69. The Hall–Kier alpha value is -2.40. The van der Waals surface area contributed by atoms with Gasteiger partial charge in [-0.3, -0.25) is 14.5 Å². The Labute approximate surface area is 146 Å². The van der Waals surface area contributed by atoms with Crippen molar-refractivity contribution in [3.05, 3.63) is 64.0 Å². The van der Waals surface area contributed by atoms with Crippen LogP contribution in [0, 0.1) is 0 Å². The molecule has 0 spiro atoms. The summed E-state index contributed by atoms with van der Waals surface area (Å²) in [5.41, 5.74) is 2.13. The van der Waals surface area contributed by atoms with Gasteiger partial charge >= 0.3 is 0 Å². The minimum absolute atomic E-state index is 0.181. The molecule has 0 radical (unpaired) electrons. The molecule has 0 saturated carbocycles. The van der Waals surface area contributed by atoms with Crippen LogP contribution in [0.3, 0.4) is 0 Å². The monoisotopic (exact) mass is 340 g/mol. The first kappa shape index (κ1) is 16.5. The van der Waals surface area contributed by atoms with Crippen LogP contribution in [-0.2, 0) is 16.1 Å². The number of likely N-dealkylation sites (N-methyl/N-ethyl adjacent to an activating group) is 1. The minimum Gasteiger partial charge on any atom is -0.365 e. The predicted molar refractivity (Wildman–Crippen MR) is 96.2 cm³/mol. The van der Waals surface area contributed by atoms with Crippen molar-refractivity contribution in [3.8, 4) is 0 Å². The van der Waals surface area contributed by atoms with Crippen LogP contribution < -0.4 is 0 Å². The summed E-state index contributed by atoms with van der Waals surface area (Å²) >= 11 is 1.49. The average Bonchev–Trinajstić information content (AvgIpc) is 3.18. The molecular formula is C19H20N2O2S. The van der Waals surface area contributed by atoms with Crippen molar-refractivity contribution < 1.29 is 9.59 Å². The fourth-order valence-electron chi connectivity index (χ4n) is 2.92. The lowest BCUT2D eigenvalue weighted by Crippen LogP contribution is -2.34. The molecule has 3 rings (SSSR count). The lowest BCUT2D eigenvalue weighted by molar-refractivity contribution is -0.137. The average molecular weight is 340 g/mol. The molecule has 124 valence electrons. The zero-order valence-corrected chi connectivity index (χ0v) is 14.7. The highest BCUT2D eigenvalue weighted by molar-refractivity contribution is 7.11. The molecule has 1 aromatic carbocycles. The van der Waals surface area contributed by atoms with E-state index in [9.17, 15) is 9.59 Å². The highest BCUT2D eigenvalue weighted by Gasteiger charge is 2.40. The van der Waals surface area contributed by atoms with Crippen LogP contribution in [0.15, 0.2) is 53.5 Å². The van der Waals surface area contributed by atoms with Crippen molar-refractivity contribution in [3.63, 3.8) is 0 Å². The summed E-state index contributed by atoms with van der Waals surface area (Å²) in [6.45, 7) is 3.01. The summed E-state index contributed by atoms with van der Waals surface area (Å²) in [6, 6.07) is 13.8. The molecule has 1 aliphatic heterocycles. The number of amides is 2. The van der Waals surface area contributed by atoms with E-state index < -0.39 is 0 Å². The van der Waals surface area contributed by atoms with Crippen molar-refractivity contribution in [2.24, 2.45) is 0 Å². The van der Waals surface area contributed by atoms with Gasteiger partial charge in [0.1, 0.15) is 5.70 Å². The van der Waals surface area contributed by atoms with Crippen LogP contribution in [0.4, 0.5) is 0 Å². The highest BCUT2D eigenvalue weighted by atomic mass is 32.1. The van der Waals surface area contributed by atoms with Gasteiger partial charge in [0.25, 0.3) is 11.8 Å². The smallest absolute Gasteiger partial charge is 0.277 e. The van der Waals surface area contributed by atoms with E-state index in [4.69, 9.17) is 0 Å². The summed E-state index contributed by atoms with van der Waals surface area (Å²) in [4.78, 5) is 29.8. The Morgan fingerprint density at radius 3 is 2.42 bits per heavy atom. The van der Waals surface area contributed by atoms with Crippen LogP contribution in [0.2, 0.25) is 0 Å². The van der Waals surface area contributed by atoms with Gasteiger partial charge in [-0.2, -0.15) is 0 Å². The summed E-state index contributed by atoms with van der Waals surface area (Å²) in [5.74, 6) is -0.372. The fraction of sp³-hybridized carbons (Fsp3) is 0.263.